The van der Waals surface area contributed by atoms with E-state index in [0.29, 0.717) is 6.42 Å². The topological polar surface area (TPSA) is 173 Å². The summed E-state index contributed by atoms with van der Waals surface area (Å²) in [5.41, 5.74) is 0. The van der Waals surface area contributed by atoms with Gasteiger partial charge in [0, 0.05) is 19.3 Å². The number of unbranched alkanes of at least 4 members (excludes halogenated alkanes) is 10. The van der Waals surface area contributed by atoms with Crippen LogP contribution in [0.1, 0.15) is 111 Å². The van der Waals surface area contributed by atoms with Crippen molar-refractivity contribution < 1.29 is 45.0 Å². The van der Waals surface area contributed by atoms with E-state index >= 15 is 0 Å². The summed E-state index contributed by atoms with van der Waals surface area (Å²) >= 11 is 0. The molecule has 0 aliphatic heterocycles. The van der Waals surface area contributed by atoms with E-state index in [9.17, 15) is 14.4 Å². The molecule has 32 heavy (non-hydrogen) atoms. The van der Waals surface area contributed by atoms with E-state index in [1.807, 2.05) is 0 Å². The molecule has 0 atom stereocenters. The number of carbonyl (C=O) groups is 3. The predicted octanol–water partition coefficient (Wildman–Crippen LogP) is 4.07. The molecule has 0 rings (SSSR count). The fourth-order valence-corrected chi connectivity index (χ4v) is 2.00. The van der Waals surface area contributed by atoms with Gasteiger partial charge in [-0.1, -0.05) is 85.0 Å². The van der Waals surface area contributed by atoms with Crippen LogP contribution in [0.2, 0.25) is 0 Å². The Hall–Kier alpha value is -1.71. The average Bonchev–Trinajstić information content (AvgIpc) is 2.77. The molecule has 0 aromatic rings. The van der Waals surface area contributed by atoms with E-state index in [4.69, 9.17) is 30.6 Å². The number of hydrogen-bond donors (Lipinski definition) is 6. The van der Waals surface area contributed by atoms with Crippen molar-refractivity contribution >= 4 is 17.9 Å². The van der Waals surface area contributed by atoms with Crippen LogP contribution in [-0.2, 0) is 14.4 Å². The third kappa shape index (κ3) is 56.6. The Morgan fingerprint density at radius 1 is 0.562 bits per heavy atom. The van der Waals surface area contributed by atoms with Gasteiger partial charge in [0.2, 0.25) is 0 Å². The molecule has 0 aliphatic rings. The zero-order chi connectivity index (χ0) is 25.6. The number of carboxylic acids is 3. The number of rotatable bonds is 16. The predicted molar refractivity (Wildman–Crippen MR) is 125 cm³/mol. The molecule has 9 nitrogen and oxygen atoms in total. The monoisotopic (exact) mass is 468 g/mol. The van der Waals surface area contributed by atoms with Crippen molar-refractivity contribution in [1.82, 2.24) is 0 Å². The molecule has 0 radical (unpaired) electrons. The third-order valence-corrected chi connectivity index (χ3v) is 4.02. The van der Waals surface area contributed by atoms with Crippen LogP contribution >= 0.6 is 0 Å². The summed E-state index contributed by atoms with van der Waals surface area (Å²) in [5, 5.41) is 47.9. The first-order chi connectivity index (χ1) is 15.1. The van der Waals surface area contributed by atoms with Gasteiger partial charge < -0.3 is 30.6 Å². The summed E-state index contributed by atoms with van der Waals surface area (Å²) in [4.78, 5) is 29.0. The Kier molecular flexibility index (Phi) is 39.8. The molecule has 0 aromatic heterocycles. The van der Waals surface area contributed by atoms with Crippen molar-refractivity contribution in [1.29, 1.82) is 0 Å². The highest BCUT2D eigenvalue weighted by Crippen LogP contribution is 2.11. The van der Waals surface area contributed by atoms with Crippen molar-refractivity contribution in [2.75, 3.05) is 13.2 Å². The molecule has 0 fully saturated rings. The van der Waals surface area contributed by atoms with Crippen molar-refractivity contribution in [2.24, 2.45) is 0 Å². The van der Waals surface area contributed by atoms with E-state index in [0.717, 1.165) is 12.8 Å². The summed E-state index contributed by atoms with van der Waals surface area (Å²) in [5.74, 6) is -2.15. The van der Waals surface area contributed by atoms with Gasteiger partial charge >= 0.3 is 17.9 Å². The van der Waals surface area contributed by atoms with E-state index in [1.54, 1.807) is 13.8 Å². The van der Waals surface area contributed by atoms with Gasteiger partial charge in [-0.15, -0.1) is 0 Å². The van der Waals surface area contributed by atoms with Crippen LogP contribution in [-0.4, -0.2) is 67.9 Å². The molecule has 0 unspecified atom stereocenters. The SMILES string of the molecule is CCC(=O)O.CCC(=O)O.CCCCCCCCCCCCCC(=O)O.OCC(O)CO. The standard InChI is InChI=1S/C14H28O2.C3H8O3.2C3H6O2/c1-2-3-4-5-6-7-8-9-10-11-12-13-14(15)16;4-1-3(6)2-5;2*1-2-3(4)5/h2-13H2,1H3,(H,15,16);3-6H,1-2H2;2*2H2,1H3,(H,4,5). The number of aliphatic carboxylic acids is 3. The molecular weight excluding hydrogens is 420 g/mol. The van der Waals surface area contributed by atoms with E-state index in [-0.39, 0.29) is 26.1 Å². The van der Waals surface area contributed by atoms with Crippen LogP contribution in [0.5, 0.6) is 0 Å². The fourth-order valence-electron chi connectivity index (χ4n) is 2.00. The lowest BCUT2D eigenvalue weighted by Crippen LogP contribution is -2.15. The second-order valence-electron chi connectivity index (χ2n) is 7.19. The zero-order valence-electron chi connectivity index (χ0n) is 20.3. The zero-order valence-corrected chi connectivity index (χ0v) is 20.3. The molecule has 6 N–H and O–H groups in total. The fraction of sp³-hybridized carbons (Fsp3) is 0.870. The molecule has 0 saturated heterocycles. The third-order valence-electron chi connectivity index (χ3n) is 4.02. The minimum atomic E-state index is -0.954. The summed E-state index contributed by atoms with van der Waals surface area (Å²) in [6.45, 7) is 4.72. The molecular formula is C23H48O9. The van der Waals surface area contributed by atoms with Crippen molar-refractivity contribution in [3.63, 3.8) is 0 Å². The minimum absolute atomic E-state index is 0.222. The van der Waals surface area contributed by atoms with E-state index in [2.05, 4.69) is 6.92 Å². The summed E-state index contributed by atoms with van der Waals surface area (Å²) < 4.78 is 0. The van der Waals surface area contributed by atoms with E-state index in [1.165, 1.54) is 57.8 Å². The number of hydrogen-bond acceptors (Lipinski definition) is 6. The lowest BCUT2D eigenvalue weighted by atomic mass is 10.1. The first-order valence-corrected chi connectivity index (χ1v) is 11.7. The molecule has 9 heteroatoms. The highest BCUT2D eigenvalue weighted by atomic mass is 16.4. The Labute approximate surface area is 193 Å². The highest BCUT2D eigenvalue weighted by molar-refractivity contribution is 5.66. The Balaban J connectivity index is -0.000000200. The van der Waals surface area contributed by atoms with Crippen LogP contribution in [0, 0.1) is 0 Å². The second-order valence-corrected chi connectivity index (χ2v) is 7.19. The maximum Gasteiger partial charge on any atom is 0.303 e. The summed E-state index contributed by atoms with van der Waals surface area (Å²) in [6.07, 6.45) is 13.9. The van der Waals surface area contributed by atoms with Crippen molar-refractivity contribution in [2.45, 2.75) is 117 Å². The van der Waals surface area contributed by atoms with Crippen LogP contribution in [0.25, 0.3) is 0 Å². The van der Waals surface area contributed by atoms with Gasteiger partial charge in [-0.3, -0.25) is 14.4 Å². The van der Waals surface area contributed by atoms with Crippen molar-refractivity contribution in [3.05, 3.63) is 0 Å². The Morgan fingerprint density at radius 3 is 1.03 bits per heavy atom. The van der Waals surface area contributed by atoms with Gasteiger partial charge in [-0.2, -0.15) is 0 Å². The minimum Gasteiger partial charge on any atom is -0.481 e. The van der Waals surface area contributed by atoms with Gasteiger partial charge in [0.15, 0.2) is 0 Å². The smallest absolute Gasteiger partial charge is 0.303 e. The molecule has 0 heterocycles. The normalized spacial score (nSPS) is 9.47. The summed E-state index contributed by atoms with van der Waals surface area (Å²) in [6, 6.07) is 0. The number of aliphatic hydroxyl groups is 3. The van der Waals surface area contributed by atoms with Crippen LogP contribution < -0.4 is 0 Å². The lowest BCUT2D eigenvalue weighted by molar-refractivity contribution is -0.138. The Bertz CT molecular complexity index is 383. The lowest BCUT2D eigenvalue weighted by Gasteiger charge is -2.01. The highest BCUT2D eigenvalue weighted by Gasteiger charge is 1.96. The van der Waals surface area contributed by atoms with Gasteiger partial charge in [0.05, 0.1) is 13.2 Å². The first kappa shape index (κ1) is 37.6. The molecule has 0 saturated carbocycles. The number of carboxylic acid groups (broad SMARTS) is 3. The van der Waals surface area contributed by atoms with Gasteiger partial charge in [0.25, 0.3) is 0 Å². The van der Waals surface area contributed by atoms with Crippen LogP contribution in [0.15, 0.2) is 0 Å². The molecule has 0 bridgehead atoms. The maximum absolute atomic E-state index is 10.3. The second kappa shape index (κ2) is 33.9. The first-order valence-electron chi connectivity index (χ1n) is 11.7. The number of aliphatic hydroxyl groups excluding tert-OH is 3. The maximum atomic E-state index is 10.3. The van der Waals surface area contributed by atoms with Gasteiger partial charge in [-0.25, -0.2) is 0 Å². The quantitative estimate of drug-likeness (QED) is 0.183. The Morgan fingerprint density at radius 2 is 0.844 bits per heavy atom. The van der Waals surface area contributed by atoms with Crippen LogP contribution in [0.4, 0.5) is 0 Å². The van der Waals surface area contributed by atoms with Crippen molar-refractivity contribution in [3.8, 4) is 0 Å². The molecule has 0 aliphatic carbocycles. The van der Waals surface area contributed by atoms with Crippen LogP contribution in [0.3, 0.4) is 0 Å². The largest absolute Gasteiger partial charge is 0.481 e. The average molecular weight is 469 g/mol. The molecule has 0 amide bonds. The molecule has 0 spiro atoms. The van der Waals surface area contributed by atoms with Gasteiger partial charge in [-0.05, 0) is 6.42 Å². The molecule has 194 valence electrons. The molecule has 0 aromatic carbocycles. The van der Waals surface area contributed by atoms with Gasteiger partial charge in [0.1, 0.15) is 6.10 Å². The van der Waals surface area contributed by atoms with E-state index < -0.39 is 24.0 Å². The summed E-state index contributed by atoms with van der Waals surface area (Å²) in [7, 11) is 0.